The molecule has 1 unspecified atom stereocenters. The van der Waals surface area contributed by atoms with Gasteiger partial charge >= 0.3 is 0 Å². The summed E-state index contributed by atoms with van der Waals surface area (Å²) in [6.07, 6.45) is 0.897. The number of hydrogen-bond donors (Lipinski definition) is 1. The Hall–Kier alpha value is -0.160. The van der Waals surface area contributed by atoms with E-state index < -0.39 is 11.7 Å². The minimum Gasteiger partial charge on any atom is -0.388 e. The molecule has 1 rings (SSSR count). The van der Waals surface area contributed by atoms with Crippen molar-refractivity contribution in [3.63, 3.8) is 0 Å². The molecule has 13 heavy (non-hydrogen) atoms. The van der Waals surface area contributed by atoms with E-state index in [9.17, 15) is 5.11 Å². The molecule has 78 valence electrons. The molecule has 0 radical (unpaired) electrons. The highest BCUT2D eigenvalue weighted by Gasteiger charge is 2.39. The average Bonchev–Trinajstić information content (AvgIpc) is 2.19. The van der Waals surface area contributed by atoms with E-state index >= 15 is 0 Å². The van der Waals surface area contributed by atoms with Crippen LogP contribution in [0.4, 0.5) is 0 Å². The molecule has 0 amide bonds. The third-order valence-corrected chi connectivity index (χ3v) is 2.68. The van der Waals surface area contributed by atoms with Crippen molar-refractivity contribution in [2.75, 3.05) is 34.0 Å². The van der Waals surface area contributed by atoms with Crippen molar-refractivity contribution < 1.29 is 19.3 Å². The molecule has 1 saturated heterocycles. The summed E-state index contributed by atoms with van der Waals surface area (Å²) < 4.78 is 15.5. The lowest BCUT2D eigenvalue weighted by atomic mass is 9.88. The summed E-state index contributed by atoms with van der Waals surface area (Å²) in [4.78, 5) is 0. The lowest BCUT2D eigenvalue weighted by molar-refractivity contribution is -0.165. The Labute approximate surface area is 78.8 Å². The quantitative estimate of drug-likeness (QED) is 0.687. The first-order chi connectivity index (χ1) is 6.25. The molecule has 4 nitrogen and oxygen atoms in total. The van der Waals surface area contributed by atoms with E-state index in [-0.39, 0.29) is 0 Å². The van der Waals surface area contributed by atoms with Crippen molar-refractivity contribution in [1.29, 1.82) is 0 Å². The molecule has 0 aromatic rings. The maximum absolute atomic E-state index is 9.82. The Kier molecular flexibility index (Phi) is 4.12. The van der Waals surface area contributed by atoms with E-state index in [1.807, 2.05) is 0 Å². The maximum Gasteiger partial charge on any atom is 0.106 e. The van der Waals surface area contributed by atoms with Gasteiger partial charge in [-0.1, -0.05) is 0 Å². The van der Waals surface area contributed by atoms with Gasteiger partial charge in [0, 0.05) is 40.3 Å². The van der Waals surface area contributed by atoms with Crippen molar-refractivity contribution in [3.8, 4) is 0 Å². The van der Waals surface area contributed by atoms with E-state index in [4.69, 9.17) is 14.2 Å². The van der Waals surface area contributed by atoms with Crippen molar-refractivity contribution >= 4 is 0 Å². The van der Waals surface area contributed by atoms with Crippen LogP contribution < -0.4 is 0 Å². The van der Waals surface area contributed by atoms with Crippen LogP contribution in [-0.2, 0) is 14.2 Å². The van der Waals surface area contributed by atoms with Gasteiger partial charge in [-0.05, 0) is 0 Å². The minimum absolute atomic E-state index is 0.313. The summed E-state index contributed by atoms with van der Waals surface area (Å²) in [5.41, 5.74) is -0.464. The normalized spacial score (nSPS) is 24.2. The highest BCUT2D eigenvalue weighted by Crippen LogP contribution is 2.28. The lowest BCUT2D eigenvalue weighted by Gasteiger charge is -2.39. The van der Waals surface area contributed by atoms with Crippen LogP contribution in [0, 0.1) is 0 Å². The smallest absolute Gasteiger partial charge is 0.106 e. The molecule has 4 heteroatoms. The molecular formula is C9H18O4. The molecule has 0 bridgehead atoms. The predicted octanol–water partition coefficient (Wildman–Crippen LogP) is 0.189. The molecule has 1 aliphatic heterocycles. The number of aliphatic hydroxyl groups is 1. The van der Waals surface area contributed by atoms with Crippen LogP contribution in [0.1, 0.15) is 12.8 Å². The largest absolute Gasteiger partial charge is 0.388 e. The average molecular weight is 190 g/mol. The predicted molar refractivity (Wildman–Crippen MR) is 47.7 cm³/mol. The summed E-state index contributed by atoms with van der Waals surface area (Å²) >= 11 is 0. The topological polar surface area (TPSA) is 47.9 Å². The highest BCUT2D eigenvalue weighted by atomic mass is 16.5. The van der Waals surface area contributed by atoms with Gasteiger partial charge in [0.15, 0.2) is 0 Å². The zero-order valence-corrected chi connectivity index (χ0v) is 8.28. The Morgan fingerprint density at radius 1 is 1.38 bits per heavy atom. The SMILES string of the molecule is COCC(O)C1(OC)CCOCC1. The highest BCUT2D eigenvalue weighted by molar-refractivity contribution is 4.90. The van der Waals surface area contributed by atoms with Crippen molar-refractivity contribution in [3.05, 3.63) is 0 Å². The standard InChI is InChI=1S/C9H18O4/c1-11-7-8(10)9(12-2)3-5-13-6-4-9/h8,10H,3-7H2,1-2H3. The molecule has 0 saturated carbocycles. The molecule has 1 fully saturated rings. The second-order valence-corrected chi connectivity index (χ2v) is 3.35. The Bertz CT molecular complexity index is 143. The van der Waals surface area contributed by atoms with Gasteiger partial charge in [0.25, 0.3) is 0 Å². The van der Waals surface area contributed by atoms with E-state index in [1.165, 1.54) is 0 Å². The third kappa shape index (κ3) is 2.40. The molecule has 0 aromatic carbocycles. The Morgan fingerprint density at radius 3 is 2.46 bits per heavy atom. The Morgan fingerprint density at radius 2 is 2.00 bits per heavy atom. The van der Waals surface area contributed by atoms with Gasteiger partial charge in [-0.15, -0.1) is 0 Å². The first kappa shape index (κ1) is 10.9. The number of aliphatic hydroxyl groups excluding tert-OH is 1. The fraction of sp³-hybridized carbons (Fsp3) is 1.00. The van der Waals surface area contributed by atoms with Crippen molar-refractivity contribution in [2.45, 2.75) is 24.5 Å². The first-order valence-corrected chi connectivity index (χ1v) is 4.55. The number of methoxy groups -OCH3 is 2. The van der Waals surface area contributed by atoms with Crippen LogP contribution in [0.25, 0.3) is 0 Å². The summed E-state index contributed by atoms with van der Waals surface area (Å²) in [6.45, 7) is 1.61. The molecule has 0 aromatic heterocycles. The lowest BCUT2D eigenvalue weighted by Crippen LogP contribution is -2.50. The first-order valence-electron chi connectivity index (χ1n) is 4.55. The van der Waals surface area contributed by atoms with Gasteiger partial charge in [0.1, 0.15) is 11.7 Å². The van der Waals surface area contributed by atoms with Crippen molar-refractivity contribution in [2.24, 2.45) is 0 Å². The summed E-state index contributed by atoms with van der Waals surface area (Å²) in [7, 11) is 3.20. The molecule has 1 atom stereocenters. The third-order valence-electron chi connectivity index (χ3n) is 2.68. The van der Waals surface area contributed by atoms with Gasteiger partial charge < -0.3 is 19.3 Å². The summed E-state index contributed by atoms with van der Waals surface area (Å²) in [5, 5.41) is 9.82. The summed E-state index contributed by atoms with van der Waals surface area (Å²) in [5.74, 6) is 0. The second kappa shape index (κ2) is 4.91. The van der Waals surface area contributed by atoms with Gasteiger partial charge in [0.05, 0.1) is 6.61 Å². The Balaban J connectivity index is 2.55. The van der Waals surface area contributed by atoms with Gasteiger partial charge in [0.2, 0.25) is 0 Å². The molecule has 0 aliphatic carbocycles. The fourth-order valence-corrected chi connectivity index (χ4v) is 1.70. The van der Waals surface area contributed by atoms with Crippen LogP contribution in [0.3, 0.4) is 0 Å². The van der Waals surface area contributed by atoms with E-state index in [0.717, 1.165) is 12.8 Å². The minimum atomic E-state index is -0.564. The fourth-order valence-electron chi connectivity index (χ4n) is 1.70. The molecule has 1 aliphatic rings. The molecule has 1 heterocycles. The zero-order chi connectivity index (χ0) is 9.73. The van der Waals surface area contributed by atoms with Gasteiger partial charge in [-0.25, -0.2) is 0 Å². The monoisotopic (exact) mass is 190 g/mol. The summed E-state index contributed by atoms with van der Waals surface area (Å²) in [6, 6.07) is 0. The van der Waals surface area contributed by atoms with Crippen LogP contribution in [0.2, 0.25) is 0 Å². The van der Waals surface area contributed by atoms with Crippen LogP contribution >= 0.6 is 0 Å². The van der Waals surface area contributed by atoms with Gasteiger partial charge in [-0.2, -0.15) is 0 Å². The molecule has 1 N–H and O–H groups in total. The van der Waals surface area contributed by atoms with Crippen LogP contribution in [-0.4, -0.2) is 50.9 Å². The number of hydrogen-bond acceptors (Lipinski definition) is 4. The number of rotatable bonds is 4. The molecular weight excluding hydrogens is 172 g/mol. The maximum atomic E-state index is 9.82. The van der Waals surface area contributed by atoms with E-state index in [1.54, 1.807) is 14.2 Å². The van der Waals surface area contributed by atoms with E-state index in [2.05, 4.69) is 0 Å². The zero-order valence-electron chi connectivity index (χ0n) is 8.28. The second-order valence-electron chi connectivity index (χ2n) is 3.35. The van der Waals surface area contributed by atoms with Crippen molar-refractivity contribution in [1.82, 2.24) is 0 Å². The van der Waals surface area contributed by atoms with E-state index in [0.29, 0.717) is 19.8 Å². The number of ether oxygens (including phenoxy) is 3. The van der Waals surface area contributed by atoms with Gasteiger partial charge in [-0.3, -0.25) is 0 Å². The van der Waals surface area contributed by atoms with Crippen LogP contribution in [0.5, 0.6) is 0 Å². The van der Waals surface area contributed by atoms with Crippen LogP contribution in [0.15, 0.2) is 0 Å². The molecule has 0 spiro atoms.